The lowest BCUT2D eigenvalue weighted by Crippen LogP contribution is -2.08. The Morgan fingerprint density at radius 1 is 1.30 bits per heavy atom. The minimum Gasteiger partial charge on any atom is -0.497 e. The first-order valence-corrected chi connectivity index (χ1v) is 6.52. The monoisotopic (exact) mass is 266 g/mol. The second kappa shape index (κ2) is 4.86. The molecule has 1 aliphatic rings. The quantitative estimate of drug-likeness (QED) is 0.803. The molecule has 0 fully saturated rings. The topological polar surface area (TPSA) is 55.0 Å². The Morgan fingerprint density at radius 3 is 2.70 bits per heavy atom. The van der Waals surface area contributed by atoms with Gasteiger partial charge in [-0.15, -0.1) is 0 Å². The molecule has 1 aromatic heterocycles. The maximum atomic E-state index is 12.5. The molecule has 0 amide bonds. The molecular formula is C16H14N2O2. The van der Waals surface area contributed by atoms with Crippen molar-refractivity contribution in [3.05, 3.63) is 53.3 Å². The van der Waals surface area contributed by atoms with Gasteiger partial charge in [0.15, 0.2) is 0 Å². The van der Waals surface area contributed by atoms with Crippen molar-refractivity contribution in [3.63, 3.8) is 0 Å². The molecule has 1 unspecified atom stereocenters. The molecule has 20 heavy (non-hydrogen) atoms. The van der Waals surface area contributed by atoms with Crippen LogP contribution in [0.5, 0.6) is 5.75 Å². The fraction of sp³-hybridized carbons (Fsp3) is 0.250. The molecule has 0 bridgehead atoms. The number of nitriles is 1. The predicted octanol–water partition coefficient (Wildman–Crippen LogP) is 2.74. The van der Waals surface area contributed by atoms with E-state index in [0.29, 0.717) is 11.3 Å². The Kier molecular flexibility index (Phi) is 3.03. The van der Waals surface area contributed by atoms with E-state index >= 15 is 0 Å². The molecule has 0 radical (unpaired) electrons. The van der Waals surface area contributed by atoms with Crippen LogP contribution in [0.3, 0.4) is 0 Å². The normalized spacial score (nSPS) is 16.5. The van der Waals surface area contributed by atoms with Gasteiger partial charge >= 0.3 is 0 Å². The highest BCUT2D eigenvalue weighted by Gasteiger charge is 2.26. The van der Waals surface area contributed by atoms with Crippen LogP contribution in [-0.4, -0.2) is 17.5 Å². The summed E-state index contributed by atoms with van der Waals surface area (Å²) in [6.07, 6.45) is 0.787. The summed E-state index contributed by atoms with van der Waals surface area (Å²) in [5.41, 5.74) is 2.24. The predicted molar refractivity (Wildman–Crippen MR) is 73.8 cm³/mol. The zero-order valence-electron chi connectivity index (χ0n) is 11.2. The smallest absolute Gasteiger partial charge is 0.209 e. The highest BCUT2D eigenvalue weighted by atomic mass is 16.5. The third-order valence-corrected chi connectivity index (χ3v) is 3.75. The van der Waals surface area contributed by atoms with Crippen molar-refractivity contribution >= 4 is 5.78 Å². The summed E-state index contributed by atoms with van der Waals surface area (Å²) in [6, 6.07) is 13.1. The van der Waals surface area contributed by atoms with Gasteiger partial charge in [0.1, 0.15) is 5.75 Å². The zero-order valence-corrected chi connectivity index (χ0v) is 11.2. The second-order valence-corrected chi connectivity index (χ2v) is 4.82. The molecule has 0 spiro atoms. The Hall–Kier alpha value is -2.54. The van der Waals surface area contributed by atoms with E-state index in [-0.39, 0.29) is 11.7 Å². The largest absolute Gasteiger partial charge is 0.497 e. The lowest BCUT2D eigenvalue weighted by molar-refractivity contribution is 0.103. The van der Waals surface area contributed by atoms with Gasteiger partial charge in [0, 0.05) is 17.8 Å². The van der Waals surface area contributed by atoms with Crippen molar-refractivity contribution in [3.8, 4) is 11.8 Å². The average Bonchev–Trinajstić information content (AvgIpc) is 3.07. The Labute approximate surface area is 117 Å². The number of methoxy groups -OCH3 is 1. The van der Waals surface area contributed by atoms with Gasteiger partial charge < -0.3 is 9.30 Å². The molecule has 2 heterocycles. The molecule has 1 aromatic carbocycles. The highest BCUT2D eigenvalue weighted by Crippen LogP contribution is 2.30. The summed E-state index contributed by atoms with van der Waals surface area (Å²) in [7, 11) is 1.60. The van der Waals surface area contributed by atoms with Gasteiger partial charge in [0.25, 0.3) is 0 Å². The van der Waals surface area contributed by atoms with Crippen LogP contribution in [0.4, 0.5) is 0 Å². The zero-order chi connectivity index (χ0) is 14.1. The van der Waals surface area contributed by atoms with E-state index in [0.717, 1.165) is 24.4 Å². The third kappa shape index (κ3) is 1.88. The van der Waals surface area contributed by atoms with Gasteiger partial charge in [-0.2, -0.15) is 5.26 Å². The van der Waals surface area contributed by atoms with Gasteiger partial charge in [0.2, 0.25) is 5.78 Å². The summed E-state index contributed by atoms with van der Waals surface area (Å²) in [5.74, 6) is 0.622. The lowest BCUT2D eigenvalue weighted by Gasteiger charge is -2.06. The number of hydrogen-bond donors (Lipinski definition) is 0. The average molecular weight is 266 g/mol. The van der Waals surface area contributed by atoms with Crippen molar-refractivity contribution in [2.24, 2.45) is 0 Å². The number of aromatic nitrogens is 1. The standard InChI is InChI=1S/C16H14N2O2/c1-20-13-4-2-11(3-5-13)16(19)15-7-6-14-12(10-17)8-9-18(14)15/h2-7,12H,8-9H2,1H3. The van der Waals surface area contributed by atoms with Crippen LogP contribution in [0.15, 0.2) is 36.4 Å². The van der Waals surface area contributed by atoms with Crippen LogP contribution in [-0.2, 0) is 6.54 Å². The Balaban J connectivity index is 1.94. The molecule has 0 saturated heterocycles. The first-order chi connectivity index (χ1) is 9.74. The van der Waals surface area contributed by atoms with Crippen LogP contribution >= 0.6 is 0 Å². The molecular weight excluding hydrogens is 252 g/mol. The van der Waals surface area contributed by atoms with E-state index in [1.165, 1.54) is 0 Å². The highest BCUT2D eigenvalue weighted by molar-refractivity contribution is 6.08. The molecule has 4 heteroatoms. The van der Waals surface area contributed by atoms with Crippen LogP contribution in [0.25, 0.3) is 0 Å². The van der Waals surface area contributed by atoms with E-state index in [2.05, 4.69) is 6.07 Å². The fourth-order valence-electron chi connectivity index (χ4n) is 2.66. The molecule has 4 nitrogen and oxygen atoms in total. The third-order valence-electron chi connectivity index (χ3n) is 3.75. The van der Waals surface area contributed by atoms with E-state index in [1.807, 2.05) is 16.7 Å². The van der Waals surface area contributed by atoms with Gasteiger partial charge in [-0.1, -0.05) is 0 Å². The number of fused-ring (bicyclic) bond motifs is 1. The number of benzene rings is 1. The van der Waals surface area contributed by atoms with Crippen LogP contribution < -0.4 is 4.74 Å². The van der Waals surface area contributed by atoms with Crippen molar-refractivity contribution < 1.29 is 9.53 Å². The van der Waals surface area contributed by atoms with Gasteiger partial charge in [-0.3, -0.25) is 4.79 Å². The van der Waals surface area contributed by atoms with Crippen molar-refractivity contribution in [1.82, 2.24) is 4.57 Å². The van der Waals surface area contributed by atoms with Crippen LogP contribution in [0.1, 0.15) is 34.1 Å². The summed E-state index contributed by atoms with van der Waals surface area (Å²) < 4.78 is 7.05. The fourth-order valence-corrected chi connectivity index (χ4v) is 2.66. The number of rotatable bonds is 3. The number of carbonyl (C=O) groups is 1. The number of ether oxygens (including phenoxy) is 1. The number of carbonyl (C=O) groups excluding carboxylic acids is 1. The lowest BCUT2D eigenvalue weighted by atomic mass is 10.1. The van der Waals surface area contributed by atoms with Gasteiger partial charge in [-0.05, 0) is 42.8 Å². The summed E-state index contributed by atoms with van der Waals surface area (Å²) in [5, 5.41) is 9.07. The van der Waals surface area contributed by atoms with E-state index < -0.39 is 0 Å². The van der Waals surface area contributed by atoms with Crippen molar-refractivity contribution in [1.29, 1.82) is 5.26 Å². The summed E-state index contributed by atoms with van der Waals surface area (Å²) in [4.78, 5) is 12.5. The van der Waals surface area contributed by atoms with E-state index in [4.69, 9.17) is 10.00 Å². The molecule has 0 N–H and O–H groups in total. The van der Waals surface area contributed by atoms with E-state index in [9.17, 15) is 4.79 Å². The number of ketones is 1. The molecule has 100 valence electrons. The maximum absolute atomic E-state index is 12.5. The number of nitrogens with zero attached hydrogens (tertiary/aromatic N) is 2. The SMILES string of the molecule is COc1ccc(C(=O)c2ccc3n2CCC3C#N)cc1. The molecule has 0 saturated carbocycles. The van der Waals surface area contributed by atoms with E-state index in [1.54, 1.807) is 31.4 Å². The summed E-state index contributed by atoms with van der Waals surface area (Å²) >= 11 is 0. The molecule has 0 aliphatic carbocycles. The minimum absolute atomic E-state index is 0.0162. The van der Waals surface area contributed by atoms with Crippen molar-refractivity contribution in [2.45, 2.75) is 18.9 Å². The van der Waals surface area contributed by atoms with Gasteiger partial charge in [0.05, 0.1) is 24.8 Å². The maximum Gasteiger partial charge on any atom is 0.209 e. The first-order valence-electron chi connectivity index (χ1n) is 6.52. The molecule has 1 atom stereocenters. The Bertz CT molecular complexity index is 692. The Morgan fingerprint density at radius 2 is 2.05 bits per heavy atom. The molecule has 2 aromatic rings. The van der Waals surface area contributed by atoms with Crippen LogP contribution in [0.2, 0.25) is 0 Å². The van der Waals surface area contributed by atoms with Crippen molar-refractivity contribution in [2.75, 3.05) is 7.11 Å². The molecule has 1 aliphatic heterocycles. The van der Waals surface area contributed by atoms with Gasteiger partial charge in [-0.25, -0.2) is 0 Å². The molecule has 3 rings (SSSR count). The summed E-state index contributed by atoms with van der Waals surface area (Å²) in [6.45, 7) is 0.734. The minimum atomic E-state index is -0.0904. The number of hydrogen-bond acceptors (Lipinski definition) is 3. The second-order valence-electron chi connectivity index (χ2n) is 4.82. The first kappa shape index (κ1) is 12.5. The van der Waals surface area contributed by atoms with Crippen LogP contribution in [0, 0.1) is 11.3 Å².